The third-order valence-electron chi connectivity index (χ3n) is 1.44. The monoisotopic (exact) mass is 185 g/mol. The third-order valence-corrected chi connectivity index (χ3v) is 1.44. The molecule has 1 nitrogen and oxygen atoms in total. The summed E-state index contributed by atoms with van der Waals surface area (Å²) in [7, 11) is 0. The van der Waals surface area contributed by atoms with Crippen molar-refractivity contribution in [2.24, 2.45) is 0 Å². The van der Waals surface area contributed by atoms with E-state index in [-0.39, 0.29) is 11.2 Å². The smallest absolute Gasteiger partial charge is 0.146 e. The van der Waals surface area contributed by atoms with Crippen LogP contribution in [-0.2, 0) is 0 Å². The van der Waals surface area contributed by atoms with Gasteiger partial charge in [-0.1, -0.05) is 0 Å². The molecule has 0 amide bonds. The van der Waals surface area contributed by atoms with Gasteiger partial charge < -0.3 is 5.32 Å². The van der Waals surface area contributed by atoms with E-state index in [1.807, 2.05) is 20.8 Å². The number of anilines is 1. The van der Waals surface area contributed by atoms with Crippen LogP contribution in [-0.4, -0.2) is 5.54 Å². The van der Waals surface area contributed by atoms with Gasteiger partial charge >= 0.3 is 0 Å². The lowest BCUT2D eigenvalue weighted by Crippen LogP contribution is -2.26. The first-order valence-electron chi connectivity index (χ1n) is 4.12. The Kier molecular flexibility index (Phi) is 2.55. The lowest BCUT2D eigenvalue weighted by Gasteiger charge is -2.22. The summed E-state index contributed by atoms with van der Waals surface area (Å²) in [6, 6.07) is 3.37. The zero-order chi connectivity index (χ0) is 10.1. The van der Waals surface area contributed by atoms with Crippen LogP contribution >= 0.6 is 0 Å². The minimum absolute atomic E-state index is 0.201. The third kappa shape index (κ3) is 3.01. The molecule has 1 rings (SSSR count). The second-order valence-corrected chi connectivity index (χ2v) is 4.00. The van der Waals surface area contributed by atoms with E-state index >= 15 is 0 Å². The Hall–Kier alpha value is -1.12. The summed E-state index contributed by atoms with van der Waals surface area (Å²) in [6.07, 6.45) is 0. The van der Waals surface area contributed by atoms with Gasteiger partial charge in [0.1, 0.15) is 11.6 Å². The molecule has 3 heteroatoms. The van der Waals surface area contributed by atoms with Crippen molar-refractivity contribution in [3.05, 3.63) is 29.8 Å². The van der Waals surface area contributed by atoms with E-state index in [1.54, 1.807) is 0 Å². The van der Waals surface area contributed by atoms with Crippen LogP contribution in [0.25, 0.3) is 0 Å². The van der Waals surface area contributed by atoms with E-state index in [2.05, 4.69) is 5.32 Å². The molecule has 0 aliphatic carbocycles. The fourth-order valence-electron chi connectivity index (χ4n) is 0.997. The highest BCUT2D eigenvalue weighted by molar-refractivity contribution is 5.46. The van der Waals surface area contributed by atoms with E-state index in [0.717, 1.165) is 18.2 Å². The van der Waals surface area contributed by atoms with E-state index in [1.165, 1.54) is 0 Å². The summed E-state index contributed by atoms with van der Waals surface area (Å²) in [5, 5.41) is 2.88. The van der Waals surface area contributed by atoms with Crippen LogP contribution in [0.15, 0.2) is 18.2 Å². The molecule has 72 valence electrons. The van der Waals surface area contributed by atoms with E-state index in [0.29, 0.717) is 0 Å². The molecule has 0 saturated heterocycles. The fourth-order valence-corrected chi connectivity index (χ4v) is 0.997. The van der Waals surface area contributed by atoms with Crippen LogP contribution in [0.4, 0.5) is 14.5 Å². The predicted octanol–water partition coefficient (Wildman–Crippen LogP) is 3.18. The molecule has 1 N–H and O–H groups in total. The van der Waals surface area contributed by atoms with Gasteiger partial charge in [0.05, 0.1) is 5.69 Å². The fraction of sp³-hybridized carbons (Fsp3) is 0.400. The second-order valence-electron chi connectivity index (χ2n) is 4.00. The minimum Gasteiger partial charge on any atom is -0.378 e. The molecular formula is C10H13F2N. The van der Waals surface area contributed by atoms with Crippen molar-refractivity contribution in [2.75, 3.05) is 5.32 Å². The summed E-state index contributed by atoms with van der Waals surface area (Å²) in [5.74, 6) is -0.871. The predicted molar refractivity (Wildman–Crippen MR) is 49.7 cm³/mol. The zero-order valence-corrected chi connectivity index (χ0v) is 7.99. The Labute approximate surface area is 76.8 Å². The Morgan fingerprint density at radius 3 is 2.31 bits per heavy atom. The Bertz CT molecular complexity index is 302. The van der Waals surface area contributed by atoms with Gasteiger partial charge in [0.15, 0.2) is 0 Å². The maximum absolute atomic E-state index is 13.1. The lowest BCUT2D eigenvalue weighted by molar-refractivity contribution is 0.583. The first kappa shape index (κ1) is 9.96. The van der Waals surface area contributed by atoms with Gasteiger partial charge in [-0.15, -0.1) is 0 Å². The average Bonchev–Trinajstić information content (AvgIpc) is 1.94. The van der Waals surface area contributed by atoms with Gasteiger partial charge in [-0.05, 0) is 39.0 Å². The quantitative estimate of drug-likeness (QED) is 0.708. The van der Waals surface area contributed by atoms with Crippen molar-refractivity contribution in [3.8, 4) is 0 Å². The number of hydrogen-bond acceptors (Lipinski definition) is 1. The van der Waals surface area contributed by atoms with Crippen molar-refractivity contribution < 1.29 is 8.78 Å². The van der Waals surface area contributed by atoms with E-state index in [9.17, 15) is 8.78 Å². The molecule has 0 spiro atoms. The zero-order valence-electron chi connectivity index (χ0n) is 7.99. The molecule has 1 aromatic carbocycles. The number of hydrogen-bond donors (Lipinski definition) is 1. The van der Waals surface area contributed by atoms with Crippen LogP contribution in [0.1, 0.15) is 20.8 Å². The van der Waals surface area contributed by atoms with Crippen molar-refractivity contribution in [3.63, 3.8) is 0 Å². The molecule has 0 unspecified atom stereocenters. The Morgan fingerprint density at radius 2 is 1.77 bits per heavy atom. The summed E-state index contributed by atoms with van der Waals surface area (Å²) < 4.78 is 25.8. The van der Waals surface area contributed by atoms with Crippen LogP contribution in [0.3, 0.4) is 0 Å². The maximum Gasteiger partial charge on any atom is 0.146 e. The molecule has 13 heavy (non-hydrogen) atoms. The van der Waals surface area contributed by atoms with Gasteiger partial charge in [0.2, 0.25) is 0 Å². The summed E-state index contributed by atoms with van der Waals surface area (Å²) in [6.45, 7) is 5.66. The lowest BCUT2D eigenvalue weighted by atomic mass is 10.1. The number of halogens is 2. The van der Waals surface area contributed by atoms with Gasteiger partial charge in [-0.25, -0.2) is 8.78 Å². The second kappa shape index (κ2) is 3.32. The molecule has 0 saturated carbocycles. The summed E-state index contributed by atoms with van der Waals surface area (Å²) >= 11 is 0. The van der Waals surface area contributed by atoms with Crippen LogP contribution < -0.4 is 5.32 Å². The van der Waals surface area contributed by atoms with Gasteiger partial charge in [-0.3, -0.25) is 0 Å². The first-order valence-corrected chi connectivity index (χ1v) is 4.12. The maximum atomic E-state index is 13.1. The highest BCUT2D eigenvalue weighted by atomic mass is 19.1. The van der Waals surface area contributed by atoms with Crippen LogP contribution in [0.2, 0.25) is 0 Å². The Balaban J connectivity index is 2.94. The van der Waals surface area contributed by atoms with Gasteiger partial charge in [-0.2, -0.15) is 0 Å². The van der Waals surface area contributed by atoms with Crippen molar-refractivity contribution in [2.45, 2.75) is 26.3 Å². The standard InChI is InChI=1S/C10H13F2N/c1-10(2,3)13-9-6-7(11)4-5-8(9)12/h4-6,13H,1-3H3. The van der Waals surface area contributed by atoms with E-state index < -0.39 is 11.6 Å². The van der Waals surface area contributed by atoms with Gasteiger partial charge in [0, 0.05) is 5.54 Å². The molecule has 0 bridgehead atoms. The normalized spacial score (nSPS) is 11.5. The number of rotatable bonds is 1. The molecule has 0 aliphatic heterocycles. The van der Waals surface area contributed by atoms with Crippen molar-refractivity contribution in [1.82, 2.24) is 0 Å². The molecular weight excluding hydrogens is 172 g/mol. The van der Waals surface area contributed by atoms with Gasteiger partial charge in [0.25, 0.3) is 0 Å². The minimum atomic E-state index is -0.437. The van der Waals surface area contributed by atoms with Crippen LogP contribution in [0, 0.1) is 11.6 Å². The van der Waals surface area contributed by atoms with Crippen LogP contribution in [0.5, 0.6) is 0 Å². The molecule has 0 aliphatic rings. The number of benzene rings is 1. The first-order chi connectivity index (χ1) is 5.88. The SMILES string of the molecule is CC(C)(C)Nc1cc(F)ccc1F. The molecule has 0 heterocycles. The molecule has 0 radical (unpaired) electrons. The molecule has 0 atom stereocenters. The average molecular weight is 185 g/mol. The molecule has 0 aromatic heterocycles. The number of nitrogens with one attached hydrogen (secondary N) is 1. The van der Waals surface area contributed by atoms with Crippen molar-refractivity contribution >= 4 is 5.69 Å². The highest BCUT2D eigenvalue weighted by Crippen LogP contribution is 2.19. The molecule has 1 aromatic rings. The topological polar surface area (TPSA) is 12.0 Å². The largest absolute Gasteiger partial charge is 0.378 e. The highest BCUT2D eigenvalue weighted by Gasteiger charge is 2.12. The van der Waals surface area contributed by atoms with E-state index in [4.69, 9.17) is 0 Å². The molecule has 0 fully saturated rings. The summed E-state index contributed by atoms with van der Waals surface area (Å²) in [4.78, 5) is 0. The summed E-state index contributed by atoms with van der Waals surface area (Å²) in [5.41, 5.74) is -0.0678. The van der Waals surface area contributed by atoms with Crippen molar-refractivity contribution in [1.29, 1.82) is 0 Å². The Morgan fingerprint density at radius 1 is 1.15 bits per heavy atom.